The molecule has 0 saturated carbocycles. The van der Waals surface area contributed by atoms with Crippen molar-refractivity contribution in [3.05, 3.63) is 78.6 Å². The maximum absolute atomic E-state index is 12.6. The Balaban J connectivity index is 1.42. The summed E-state index contributed by atoms with van der Waals surface area (Å²) in [6.07, 6.45) is -0.256. The largest absolute Gasteiger partial charge is 0.483 e. The predicted octanol–water partition coefficient (Wildman–Crippen LogP) is 5.32. The summed E-state index contributed by atoms with van der Waals surface area (Å²) in [6, 6.07) is 23.5. The molecule has 7 heteroatoms. The van der Waals surface area contributed by atoms with Crippen LogP contribution in [0.3, 0.4) is 0 Å². The van der Waals surface area contributed by atoms with Crippen LogP contribution < -0.4 is 10.1 Å². The van der Waals surface area contributed by atoms with Gasteiger partial charge in [0.05, 0.1) is 5.75 Å². The number of carbonyl (C=O) groups excluding carboxylic acids is 1. The highest BCUT2D eigenvalue weighted by atomic mass is 32.2. The summed E-state index contributed by atoms with van der Waals surface area (Å²) in [6.45, 7) is 4.67. The Morgan fingerprint density at radius 1 is 1.03 bits per heavy atom. The Hall–Kier alpha value is -3.32. The summed E-state index contributed by atoms with van der Waals surface area (Å²) < 4.78 is 7.98. The van der Waals surface area contributed by atoms with Crippen LogP contribution in [0.25, 0.3) is 10.8 Å². The molecular weight excluding hydrogens is 408 g/mol. The lowest BCUT2D eigenvalue weighted by Gasteiger charge is -2.15. The van der Waals surface area contributed by atoms with E-state index in [9.17, 15) is 4.79 Å². The number of fused-ring (bicyclic) bond motifs is 1. The fourth-order valence-electron chi connectivity index (χ4n) is 3.41. The third-order valence-corrected chi connectivity index (χ3v) is 5.84. The number of nitrogens with one attached hydrogen (secondary N) is 1. The van der Waals surface area contributed by atoms with E-state index in [1.807, 2.05) is 91.2 Å². The van der Waals surface area contributed by atoms with E-state index >= 15 is 0 Å². The second kappa shape index (κ2) is 9.66. The third-order valence-electron chi connectivity index (χ3n) is 4.88. The zero-order chi connectivity index (χ0) is 21.6. The average Bonchev–Trinajstić information content (AvgIpc) is 3.22. The number of amides is 1. The van der Waals surface area contributed by atoms with Crippen molar-refractivity contribution in [2.24, 2.45) is 0 Å². The summed E-state index contributed by atoms with van der Waals surface area (Å²) in [5.74, 6) is 1.68. The molecule has 3 aromatic carbocycles. The van der Waals surface area contributed by atoms with E-state index in [0.29, 0.717) is 11.7 Å². The van der Waals surface area contributed by atoms with Crippen LogP contribution in [0, 0.1) is 0 Å². The van der Waals surface area contributed by atoms with Crippen molar-refractivity contribution in [3.8, 4) is 5.75 Å². The van der Waals surface area contributed by atoms with Gasteiger partial charge >= 0.3 is 0 Å². The number of carbonyl (C=O) groups is 1. The van der Waals surface area contributed by atoms with Crippen LogP contribution in [0.15, 0.2) is 78.0 Å². The zero-order valence-corrected chi connectivity index (χ0v) is 18.3. The lowest BCUT2D eigenvalue weighted by molar-refractivity contribution is -0.113. The number of para-hydroxylation sites is 1. The van der Waals surface area contributed by atoms with Gasteiger partial charge in [0.25, 0.3) is 0 Å². The van der Waals surface area contributed by atoms with Crippen molar-refractivity contribution in [3.63, 3.8) is 0 Å². The maximum atomic E-state index is 12.6. The minimum atomic E-state index is -0.256. The normalized spacial score (nSPS) is 11.9. The van der Waals surface area contributed by atoms with Crippen molar-refractivity contribution >= 4 is 34.1 Å². The molecule has 0 radical (unpaired) electrons. The molecule has 0 unspecified atom stereocenters. The molecule has 158 valence electrons. The van der Waals surface area contributed by atoms with E-state index in [1.54, 1.807) is 0 Å². The van der Waals surface area contributed by atoms with Gasteiger partial charge in [0.2, 0.25) is 5.91 Å². The second-order valence-corrected chi connectivity index (χ2v) is 7.96. The number of benzene rings is 3. The number of thioether (sulfide) groups is 1. The van der Waals surface area contributed by atoms with Crippen molar-refractivity contribution in [1.82, 2.24) is 14.8 Å². The molecule has 0 aliphatic heterocycles. The molecule has 0 aliphatic rings. The van der Waals surface area contributed by atoms with E-state index in [4.69, 9.17) is 4.74 Å². The molecule has 6 nitrogen and oxygen atoms in total. The van der Waals surface area contributed by atoms with Gasteiger partial charge in [0.1, 0.15) is 5.75 Å². The minimum Gasteiger partial charge on any atom is -0.483 e. The molecule has 1 heterocycles. The number of anilines is 1. The summed E-state index contributed by atoms with van der Waals surface area (Å²) in [5, 5.41) is 14.4. The molecule has 0 saturated heterocycles. The summed E-state index contributed by atoms with van der Waals surface area (Å²) in [5.41, 5.74) is 0.811. The number of hydrogen-bond acceptors (Lipinski definition) is 5. The van der Waals surface area contributed by atoms with E-state index in [-0.39, 0.29) is 17.8 Å². The van der Waals surface area contributed by atoms with Gasteiger partial charge in [-0.3, -0.25) is 4.79 Å². The smallest absolute Gasteiger partial charge is 0.234 e. The lowest BCUT2D eigenvalue weighted by Crippen LogP contribution is -2.15. The van der Waals surface area contributed by atoms with Crippen LogP contribution in [0.5, 0.6) is 5.75 Å². The van der Waals surface area contributed by atoms with E-state index in [2.05, 4.69) is 15.5 Å². The quantitative estimate of drug-likeness (QED) is 0.382. The molecule has 0 spiro atoms. The van der Waals surface area contributed by atoms with Crippen LogP contribution in [0.4, 0.5) is 5.69 Å². The maximum Gasteiger partial charge on any atom is 0.234 e. The standard InChI is InChI=1S/C24H24N4O2S/c1-3-28-23(17(2)30-19-12-5-4-6-13-19)26-27-24(28)31-16-22(29)25-21-15-9-11-18-10-7-8-14-20(18)21/h4-15,17H,3,16H2,1-2H3,(H,25,29)/t17-/m1/s1. The summed E-state index contributed by atoms with van der Waals surface area (Å²) in [7, 11) is 0. The van der Waals surface area contributed by atoms with Crippen molar-refractivity contribution in [2.75, 3.05) is 11.1 Å². The van der Waals surface area contributed by atoms with Gasteiger partial charge in [0.15, 0.2) is 17.1 Å². The highest BCUT2D eigenvalue weighted by Crippen LogP contribution is 2.26. The Kier molecular flexibility index (Phi) is 6.52. The first-order valence-corrected chi connectivity index (χ1v) is 11.2. The van der Waals surface area contributed by atoms with Gasteiger partial charge in [-0.05, 0) is 37.4 Å². The Bertz CT molecular complexity index is 1170. The number of aromatic nitrogens is 3. The number of nitrogens with zero attached hydrogens (tertiary/aromatic N) is 3. The molecule has 31 heavy (non-hydrogen) atoms. The Morgan fingerprint density at radius 2 is 1.77 bits per heavy atom. The van der Waals surface area contributed by atoms with Gasteiger partial charge in [-0.25, -0.2) is 0 Å². The van der Waals surface area contributed by atoms with Crippen molar-refractivity contribution < 1.29 is 9.53 Å². The topological polar surface area (TPSA) is 69.0 Å². The van der Waals surface area contributed by atoms with E-state index in [1.165, 1.54) is 11.8 Å². The first-order chi connectivity index (χ1) is 15.2. The monoisotopic (exact) mass is 432 g/mol. The molecule has 4 aromatic rings. The minimum absolute atomic E-state index is 0.0814. The van der Waals surface area contributed by atoms with Gasteiger partial charge in [-0.15, -0.1) is 10.2 Å². The van der Waals surface area contributed by atoms with Crippen LogP contribution in [0.1, 0.15) is 25.8 Å². The van der Waals surface area contributed by atoms with E-state index in [0.717, 1.165) is 28.0 Å². The van der Waals surface area contributed by atoms with Crippen molar-refractivity contribution in [1.29, 1.82) is 0 Å². The number of ether oxygens (including phenoxy) is 1. The zero-order valence-electron chi connectivity index (χ0n) is 17.5. The summed E-state index contributed by atoms with van der Waals surface area (Å²) >= 11 is 1.37. The second-order valence-electron chi connectivity index (χ2n) is 7.02. The van der Waals surface area contributed by atoms with Crippen LogP contribution in [-0.4, -0.2) is 26.4 Å². The van der Waals surface area contributed by atoms with Gasteiger partial charge in [0, 0.05) is 17.6 Å². The Morgan fingerprint density at radius 3 is 2.58 bits per heavy atom. The molecule has 4 rings (SSSR count). The van der Waals surface area contributed by atoms with Crippen LogP contribution >= 0.6 is 11.8 Å². The summed E-state index contributed by atoms with van der Waals surface area (Å²) in [4.78, 5) is 12.6. The fraction of sp³-hybridized carbons (Fsp3) is 0.208. The van der Waals surface area contributed by atoms with Crippen LogP contribution in [-0.2, 0) is 11.3 Å². The van der Waals surface area contributed by atoms with E-state index < -0.39 is 0 Å². The first-order valence-electron chi connectivity index (χ1n) is 10.2. The Labute approximate surface area is 185 Å². The molecule has 1 amide bonds. The molecule has 0 aliphatic carbocycles. The van der Waals surface area contributed by atoms with Crippen molar-refractivity contribution in [2.45, 2.75) is 31.7 Å². The number of rotatable bonds is 8. The molecule has 1 atom stereocenters. The van der Waals surface area contributed by atoms with Gasteiger partial charge in [-0.1, -0.05) is 66.4 Å². The lowest BCUT2D eigenvalue weighted by atomic mass is 10.1. The SMILES string of the molecule is CCn1c(SCC(=O)Nc2cccc3ccccc23)nnc1[C@@H](C)Oc1ccccc1. The predicted molar refractivity (Wildman–Crippen MR) is 124 cm³/mol. The highest BCUT2D eigenvalue weighted by molar-refractivity contribution is 7.99. The molecule has 0 fully saturated rings. The molecule has 1 aromatic heterocycles. The van der Waals surface area contributed by atoms with Crippen LogP contribution in [0.2, 0.25) is 0 Å². The number of hydrogen-bond donors (Lipinski definition) is 1. The van der Waals surface area contributed by atoms with Gasteiger partial charge in [-0.2, -0.15) is 0 Å². The average molecular weight is 433 g/mol. The molecule has 1 N–H and O–H groups in total. The van der Waals surface area contributed by atoms with Gasteiger partial charge < -0.3 is 14.6 Å². The first kappa shape index (κ1) is 20.9. The molecular formula is C24H24N4O2S. The third kappa shape index (κ3) is 4.88. The molecule has 0 bridgehead atoms. The fourth-order valence-corrected chi connectivity index (χ4v) is 4.22. The highest BCUT2D eigenvalue weighted by Gasteiger charge is 2.19.